The van der Waals surface area contributed by atoms with Gasteiger partial charge in [-0.05, 0) is 40.5 Å². The third-order valence-electron chi connectivity index (χ3n) is 1.88. The molecule has 106 valence electrons. The van der Waals surface area contributed by atoms with Crippen LogP contribution in [0, 0.1) is 0 Å². The van der Waals surface area contributed by atoms with Gasteiger partial charge >= 0.3 is 12.1 Å². The molecule has 0 saturated carbocycles. The molecule has 0 aliphatic carbocycles. The maximum absolute atomic E-state index is 11.5. The van der Waals surface area contributed by atoms with E-state index in [0.29, 0.717) is 12.8 Å². The highest BCUT2D eigenvalue weighted by Crippen LogP contribution is 2.06. The van der Waals surface area contributed by atoms with Gasteiger partial charge in [0, 0.05) is 6.61 Å². The van der Waals surface area contributed by atoms with Gasteiger partial charge in [-0.25, -0.2) is 9.59 Å². The number of nitrogens with one attached hydrogen (secondary N) is 1. The fraction of sp³-hybridized carbons (Fsp3) is 0.833. The molecule has 0 fully saturated rings. The fourth-order valence-electron chi connectivity index (χ4n) is 1.05. The highest BCUT2D eigenvalue weighted by atomic mass is 16.6. The number of hydrogen-bond acceptors (Lipinski definition) is 5. The maximum Gasteiger partial charge on any atom is 0.408 e. The lowest BCUT2D eigenvalue weighted by Crippen LogP contribution is -2.42. The normalized spacial score (nSPS) is 12.7. The Morgan fingerprint density at radius 3 is 2.39 bits per heavy atom. The Bertz CT molecular complexity index is 272. The maximum atomic E-state index is 11.5. The summed E-state index contributed by atoms with van der Waals surface area (Å²) >= 11 is 0. The van der Waals surface area contributed by atoms with E-state index in [9.17, 15) is 9.59 Å². The number of rotatable bonds is 6. The Kier molecular flexibility index (Phi) is 7.35. The molecule has 0 saturated heterocycles. The lowest BCUT2D eigenvalue weighted by atomic mass is 10.2. The van der Waals surface area contributed by atoms with E-state index in [-0.39, 0.29) is 13.2 Å². The number of amides is 1. The summed E-state index contributed by atoms with van der Waals surface area (Å²) in [5.41, 5.74) is -0.602. The van der Waals surface area contributed by atoms with E-state index in [1.807, 2.05) is 0 Å². The highest BCUT2D eigenvalue weighted by Gasteiger charge is 2.21. The summed E-state index contributed by atoms with van der Waals surface area (Å²) in [6.07, 6.45) is 0.532. The van der Waals surface area contributed by atoms with Gasteiger partial charge in [0.2, 0.25) is 0 Å². The molecule has 1 amide bonds. The van der Waals surface area contributed by atoms with E-state index in [2.05, 4.69) is 5.32 Å². The number of ether oxygens (including phenoxy) is 2. The van der Waals surface area contributed by atoms with Gasteiger partial charge in [0.25, 0.3) is 0 Å². The first kappa shape index (κ1) is 16.7. The molecule has 0 radical (unpaired) electrons. The molecule has 0 aromatic rings. The number of carbonyl (C=O) groups excluding carboxylic acids is 2. The van der Waals surface area contributed by atoms with Crippen molar-refractivity contribution in [2.75, 3.05) is 13.2 Å². The molecular weight excluding hydrogens is 238 g/mol. The number of aliphatic hydroxyl groups excluding tert-OH is 1. The Morgan fingerprint density at radius 1 is 1.28 bits per heavy atom. The minimum absolute atomic E-state index is 0.0727. The number of carbonyl (C=O) groups is 2. The minimum atomic E-state index is -0.756. The molecule has 0 aliphatic rings. The van der Waals surface area contributed by atoms with Crippen LogP contribution in [0.3, 0.4) is 0 Å². The zero-order chi connectivity index (χ0) is 14.2. The van der Waals surface area contributed by atoms with Crippen molar-refractivity contribution in [3.05, 3.63) is 0 Å². The van der Waals surface area contributed by atoms with Crippen LogP contribution in [-0.2, 0) is 14.3 Å². The second-order valence-electron chi connectivity index (χ2n) is 4.97. The van der Waals surface area contributed by atoms with Gasteiger partial charge in [-0.15, -0.1) is 0 Å². The van der Waals surface area contributed by atoms with Crippen molar-refractivity contribution in [3.8, 4) is 0 Å². The molecule has 18 heavy (non-hydrogen) atoms. The van der Waals surface area contributed by atoms with Crippen LogP contribution < -0.4 is 5.32 Å². The summed E-state index contributed by atoms with van der Waals surface area (Å²) in [6.45, 7) is 7.06. The Labute approximate surface area is 108 Å². The lowest BCUT2D eigenvalue weighted by Gasteiger charge is -2.21. The molecular formula is C12H23NO5. The summed E-state index contributed by atoms with van der Waals surface area (Å²) in [5.74, 6) is -0.515. The van der Waals surface area contributed by atoms with Gasteiger partial charge in [-0.1, -0.05) is 0 Å². The predicted octanol–water partition coefficient (Wildman–Crippen LogP) is 1.22. The molecule has 2 N–H and O–H groups in total. The predicted molar refractivity (Wildman–Crippen MR) is 66.1 cm³/mol. The molecule has 6 nitrogen and oxygen atoms in total. The number of alkyl carbamates (subject to hydrolysis) is 1. The van der Waals surface area contributed by atoms with Crippen LogP contribution in [0.4, 0.5) is 4.79 Å². The summed E-state index contributed by atoms with van der Waals surface area (Å²) in [7, 11) is 0. The summed E-state index contributed by atoms with van der Waals surface area (Å²) in [6, 6.07) is -0.756. The van der Waals surface area contributed by atoms with Crippen LogP contribution in [-0.4, -0.2) is 42.0 Å². The molecule has 0 aromatic heterocycles. The zero-order valence-electron chi connectivity index (χ0n) is 11.5. The molecule has 0 aliphatic heterocycles. The molecule has 0 rings (SSSR count). The number of hydrogen-bond donors (Lipinski definition) is 2. The first-order valence-electron chi connectivity index (χ1n) is 6.03. The van der Waals surface area contributed by atoms with E-state index in [0.717, 1.165) is 0 Å². The number of esters is 1. The molecule has 0 spiro atoms. The largest absolute Gasteiger partial charge is 0.464 e. The first-order valence-corrected chi connectivity index (χ1v) is 6.03. The van der Waals surface area contributed by atoms with E-state index >= 15 is 0 Å². The molecule has 0 aromatic carbocycles. The van der Waals surface area contributed by atoms with Gasteiger partial charge in [0.05, 0.1) is 6.61 Å². The van der Waals surface area contributed by atoms with Crippen molar-refractivity contribution < 1.29 is 24.2 Å². The van der Waals surface area contributed by atoms with Crippen molar-refractivity contribution in [2.24, 2.45) is 0 Å². The quantitative estimate of drug-likeness (QED) is 0.554. The topological polar surface area (TPSA) is 84.9 Å². The smallest absolute Gasteiger partial charge is 0.408 e. The van der Waals surface area contributed by atoms with Crippen molar-refractivity contribution >= 4 is 12.1 Å². The number of aliphatic hydroxyl groups is 1. The van der Waals surface area contributed by atoms with Crippen LogP contribution in [0.25, 0.3) is 0 Å². The van der Waals surface area contributed by atoms with Crippen molar-refractivity contribution in [3.63, 3.8) is 0 Å². The summed E-state index contributed by atoms with van der Waals surface area (Å²) in [5, 5.41) is 10.9. The Morgan fingerprint density at radius 2 is 1.89 bits per heavy atom. The summed E-state index contributed by atoms with van der Waals surface area (Å²) < 4.78 is 9.93. The summed E-state index contributed by atoms with van der Waals surface area (Å²) in [4.78, 5) is 22.8. The van der Waals surface area contributed by atoms with E-state index in [1.165, 1.54) is 6.92 Å². The van der Waals surface area contributed by atoms with Crippen LogP contribution in [0.1, 0.15) is 40.5 Å². The molecule has 0 unspecified atom stereocenters. The van der Waals surface area contributed by atoms with Gasteiger partial charge in [0.15, 0.2) is 0 Å². The van der Waals surface area contributed by atoms with Crippen molar-refractivity contribution in [2.45, 2.75) is 52.2 Å². The number of unbranched alkanes of at least 4 members (excludes halogenated alkanes) is 1. The Balaban J connectivity index is 3.90. The van der Waals surface area contributed by atoms with Gasteiger partial charge < -0.3 is 19.9 Å². The molecule has 1 atom stereocenters. The van der Waals surface area contributed by atoms with Gasteiger partial charge in [-0.2, -0.15) is 0 Å². The van der Waals surface area contributed by atoms with E-state index in [4.69, 9.17) is 14.6 Å². The highest BCUT2D eigenvalue weighted by molar-refractivity contribution is 5.80. The molecule has 0 bridgehead atoms. The van der Waals surface area contributed by atoms with Crippen molar-refractivity contribution in [1.82, 2.24) is 5.32 Å². The van der Waals surface area contributed by atoms with Gasteiger partial charge in [-0.3, -0.25) is 0 Å². The van der Waals surface area contributed by atoms with Crippen LogP contribution in [0.15, 0.2) is 0 Å². The molecule has 0 heterocycles. The van der Waals surface area contributed by atoms with Gasteiger partial charge in [0.1, 0.15) is 11.6 Å². The SMILES string of the molecule is C[C@H](NC(=O)OC(C)(C)C)C(=O)OCCCCO. The second-order valence-corrected chi connectivity index (χ2v) is 4.97. The fourth-order valence-corrected chi connectivity index (χ4v) is 1.05. The van der Waals surface area contributed by atoms with Crippen molar-refractivity contribution in [1.29, 1.82) is 0 Å². The van der Waals surface area contributed by atoms with Crippen LogP contribution in [0.5, 0.6) is 0 Å². The third-order valence-corrected chi connectivity index (χ3v) is 1.88. The average Bonchev–Trinajstić information content (AvgIpc) is 2.21. The van der Waals surface area contributed by atoms with E-state index in [1.54, 1.807) is 20.8 Å². The molecule has 6 heteroatoms. The van der Waals surface area contributed by atoms with Crippen LogP contribution in [0.2, 0.25) is 0 Å². The lowest BCUT2D eigenvalue weighted by molar-refractivity contribution is -0.145. The second kappa shape index (κ2) is 7.92. The van der Waals surface area contributed by atoms with E-state index < -0.39 is 23.7 Å². The Hall–Kier alpha value is -1.30. The first-order chi connectivity index (χ1) is 8.26. The zero-order valence-corrected chi connectivity index (χ0v) is 11.5. The minimum Gasteiger partial charge on any atom is -0.464 e. The standard InChI is InChI=1S/C12H23NO5/c1-9(10(15)17-8-6-5-7-14)13-11(16)18-12(2,3)4/h9,14H,5-8H2,1-4H3,(H,13,16)/t9-/m0/s1. The average molecular weight is 261 g/mol. The monoisotopic (exact) mass is 261 g/mol. The third kappa shape index (κ3) is 8.81. The van der Waals surface area contributed by atoms with Crippen LogP contribution >= 0.6 is 0 Å².